The van der Waals surface area contributed by atoms with E-state index < -0.39 is 0 Å². The van der Waals surface area contributed by atoms with Gasteiger partial charge < -0.3 is 13.7 Å². The molecular formula is C50H29N5. The zero-order chi connectivity index (χ0) is 36.6. The molecule has 0 spiro atoms. The minimum absolute atomic E-state index is 0.571. The number of hydrogen-bond acceptors (Lipinski definition) is 1. The average molecular weight is 700 g/mol. The highest BCUT2D eigenvalue weighted by Crippen LogP contribution is 2.43. The molecule has 0 fully saturated rings. The first kappa shape index (κ1) is 30.7. The Hall–Kier alpha value is -7.86. The molecule has 5 heteroatoms. The molecule has 0 bridgehead atoms. The van der Waals surface area contributed by atoms with Crippen molar-refractivity contribution in [1.82, 2.24) is 13.7 Å². The van der Waals surface area contributed by atoms with Crippen molar-refractivity contribution in [2.75, 3.05) is 0 Å². The summed E-state index contributed by atoms with van der Waals surface area (Å²) in [5.74, 6) is 0. The number of nitriles is 1. The van der Waals surface area contributed by atoms with Crippen LogP contribution in [0.5, 0.6) is 0 Å². The van der Waals surface area contributed by atoms with Gasteiger partial charge in [0.25, 0.3) is 0 Å². The number of fused-ring (bicyclic) bond motifs is 9. The smallest absolute Gasteiger partial charge is 0.211 e. The summed E-state index contributed by atoms with van der Waals surface area (Å²) in [5.41, 5.74) is 12.3. The van der Waals surface area contributed by atoms with Crippen LogP contribution in [0.2, 0.25) is 0 Å². The first-order valence-corrected chi connectivity index (χ1v) is 18.3. The predicted octanol–water partition coefficient (Wildman–Crippen LogP) is 13.1. The minimum atomic E-state index is 0.571. The first-order valence-electron chi connectivity index (χ1n) is 18.3. The van der Waals surface area contributed by atoms with E-state index in [1.54, 1.807) is 0 Å². The molecule has 0 saturated heterocycles. The van der Waals surface area contributed by atoms with Crippen LogP contribution in [0.1, 0.15) is 5.56 Å². The molecule has 0 radical (unpaired) electrons. The molecule has 0 N–H and O–H groups in total. The van der Waals surface area contributed by atoms with Gasteiger partial charge in [-0.1, -0.05) is 121 Å². The molecule has 0 aliphatic heterocycles. The molecule has 3 heterocycles. The van der Waals surface area contributed by atoms with E-state index >= 15 is 0 Å². The Morgan fingerprint density at radius 3 is 1.49 bits per heavy atom. The van der Waals surface area contributed by atoms with Gasteiger partial charge in [-0.3, -0.25) is 0 Å². The SMILES string of the molecule is [C-]#[N+]c1cccc2c3ccccc3n(-c3cccc(C#N)c3-c3ccc(-n4c5ccccc5c5cccc(-n6c7ccccc7c7ccccc76)c54)cc3)c12. The lowest BCUT2D eigenvalue weighted by molar-refractivity contribution is 1.13. The number of rotatable bonds is 4. The second-order valence-electron chi connectivity index (χ2n) is 13.9. The van der Waals surface area contributed by atoms with Crippen molar-refractivity contribution in [3.63, 3.8) is 0 Å². The second-order valence-corrected chi connectivity index (χ2v) is 13.9. The van der Waals surface area contributed by atoms with E-state index in [9.17, 15) is 5.26 Å². The van der Waals surface area contributed by atoms with Crippen LogP contribution in [0.3, 0.4) is 0 Å². The normalized spacial score (nSPS) is 11.6. The van der Waals surface area contributed by atoms with Crippen molar-refractivity contribution in [1.29, 1.82) is 5.26 Å². The lowest BCUT2D eigenvalue weighted by atomic mass is 9.97. The fourth-order valence-electron chi connectivity index (χ4n) is 8.87. The lowest BCUT2D eigenvalue weighted by Gasteiger charge is -2.17. The van der Waals surface area contributed by atoms with E-state index in [0.717, 1.165) is 72.1 Å². The van der Waals surface area contributed by atoms with E-state index in [-0.39, 0.29) is 0 Å². The van der Waals surface area contributed by atoms with Crippen LogP contribution in [-0.4, -0.2) is 13.7 Å². The van der Waals surface area contributed by atoms with E-state index in [1.807, 2.05) is 36.4 Å². The summed E-state index contributed by atoms with van der Waals surface area (Å²) in [4.78, 5) is 3.93. The van der Waals surface area contributed by atoms with Gasteiger partial charge in [0.15, 0.2) is 0 Å². The van der Waals surface area contributed by atoms with Gasteiger partial charge in [-0.25, -0.2) is 4.85 Å². The summed E-state index contributed by atoms with van der Waals surface area (Å²) in [7, 11) is 0. The van der Waals surface area contributed by atoms with Crippen LogP contribution < -0.4 is 0 Å². The molecule has 8 aromatic carbocycles. The summed E-state index contributed by atoms with van der Waals surface area (Å²) in [6.45, 7) is 8.06. The van der Waals surface area contributed by atoms with Crippen LogP contribution in [0.4, 0.5) is 5.69 Å². The molecule has 0 saturated carbocycles. The van der Waals surface area contributed by atoms with Crippen LogP contribution >= 0.6 is 0 Å². The first-order chi connectivity index (χ1) is 27.2. The van der Waals surface area contributed by atoms with E-state index in [0.29, 0.717) is 11.3 Å². The molecule has 11 aromatic rings. The Kier molecular flexibility index (Phi) is 6.61. The third kappa shape index (κ3) is 4.33. The van der Waals surface area contributed by atoms with Crippen LogP contribution in [-0.2, 0) is 0 Å². The van der Waals surface area contributed by atoms with E-state index in [2.05, 4.69) is 164 Å². The van der Waals surface area contributed by atoms with Gasteiger partial charge in [0.05, 0.1) is 62.7 Å². The molecule has 3 aromatic heterocycles. The Morgan fingerprint density at radius 2 is 0.891 bits per heavy atom. The molecule has 11 rings (SSSR count). The molecule has 0 amide bonds. The maximum atomic E-state index is 10.5. The number of aromatic nitrogens is 3. The molecular weight excluding hydrogens is 671 g/mol. The Morgan fingerprint density at radius 1 is 0.418 bits per heavy atom. The highest BCUT2D eigenvalue weighted by molar-refractivity contribution is 6.16. The average Bonchev–Trinajstić information content (AvgIpc) is 3.89. The standard InChI is InChI=1S/C50H29N5/c1-52-41-20-11-18-39-37-16-5-9-24-45(37)55(49(39)41)46-25-10-13-33(31-51)48(46)32-27-29-34(30-28-32)53-42-21-6-4-17-38(42)40-19-12-26-47(50(40)53)54-43-22-7-2-14-35(43)36-15-3-8-23-44(36)54/h2-30H. The highest BCUT2D eigenvalue weighted by atomic mass is 15.1. The van der Waals surface area contributed by atoms with Gasteiger partial charge in [-0.2, -0.15) is 5.26 Å². The fraction of sp³-hybridized carbons (Fsp3) is 0. The summed E-state index contributed by atoms with van der Waals surface area (Å²) < 4.78 is 6.93. The quantitative estimate of drug-likeness (QED) is 0.169. The van der Waals surface area contributed by atoms with Crippen molar-refractivity contribution in [2.45, 2.75) is 0 Å². The zero-order valence-corrected chi connectivity index (χ0v) is 29.5. The molecule has 0 aliphatic rings. The van der Waals surface area contributed by atoms with Gasteiger partial charge in [-0.05, 0) is 65.5 Å². The van der Waals surface area contributed by atoms with Crippen LogP contribution in [0.25, 0.3) is 98.5 Å². The molecule has 5 nitrogen and oxygen atoms in total. The number of nitrogens with zero attached hydrogens (tertiary/aromatic N) is 5. The van der Waals surface area contributed by atoms with Gasteiger partial charge in [0.2, 0.25) is 5.69 Å². The monoisotopic (exact) mass is 699 g/mol. The fourth-order valence-corrected chi connectivity index (χ4v) is 8.87. The Labute approximate surface area is 316 Å². The van der Waals surface area contributed by atoms with Crippen LogP contribution in [0.15, 0.2) is 176 Å². The van der Waals surface area contributed by atoms with Crippen molar-refractivity contribution in [3.8, 4) is 34.3 Å². The van der Waals surface area contributed by atoms with Crippen molar-refractivity contribution >= 4 is 71.1 Å². The van der Waals surface area contributed by atoms with Crippen molar-refractivity contribution in [3.05, 3.63) is 193 Å². The third-order valence-corrected chi connectivity index (χ3v) is 11.1. The summed E-state index contributed by atoms with van der Waals surface area (Å²) >= 11 is 0. The number of para-hydroxylation sites is 6. The van der Waals surface area contributed by atoms with Gasteiger partial charge in [0, 0.05) is 38.2 Å². The van der Waals surface area contributed by atoms with Gasteiger partial charge in [0.1, 0.15) is 0 Å². The summed E-state index contributed by atoms with van der Waals surface area (Å²) in [6.07, 6.45) is 0. The van der Waals surface area contributed by atoms with E-state index in [1.165, 1.54) is 21.5 Å². The number of benzene rings is 8. The minimum Gasteiger partial charge on any atom is -0.318 e. The number of hydrogen-bond donors (Lipinski definition) is 0. The Balaban J connectivity index is 1.16. The highest BCUT2D eigenvalue weighted by Gasteiger charge is 2.22. The van der Waals surface area contributed by atoms with Gasteiger partial charge in [-0.15, -0.1) is 0 Å². The third-order valence-electron chi connectivity index (χ3n) is 11.1. The molecule has 0 unspecified atom stereocenters. The van der Waals surface area contributed by atoms with Crippen molar-refractivity contribution in [2.24, 2.45) is 0 Å². The maximum Gasteiger partial charge on any atom is 0.211 e. The lowest BCUT2D eigenvalue weighted by Crippen LogP contribution is -2.01. The molecule has 0 atom stereocenters. The second kappa shape index (κ2) is 11.8. The molecule has 55 heavy (non-hydrogen) atoms. The largest absolute Gasteiger partial charge is 0.318 e. The topological polar surface area (TPSA) is 42.9 Å². The Bertz CT molecular complexity index is 3400. The zero-order valence-electron chi connectivity index (χ0n) is 29.5. The van der Waals surface area contributed by atoms with E-state index in [4.69, 9.17) is 6.57 Å². The van der Waals surface area contributed by atoms with Crippen LogP contribution in [0, 0.1) is 17.9 Å². The van der Waals surface area contributed by atoms with Gasteiger partial charge >= 0.3 is 0 Å². The maximum absolute atomic E-state index is 10.5. The summed E-state index contributed by atoms with van der Waals surface area (Å²) in [5, 5.41) is 17.4. The molecule has 254 valence electrons. The predicted molar refractivity (Wildman–Crippen MR) is 226 cm³/mol. The van der Waals surface area contributed by atoms with Crippen molar-refractivity contribution < 1.29 is 0 Å². The summed E-state index contributed by atoms with van der Waals surface area (Å²) in [6, 6.07) is 63.6. The molecule has 0 aliphatic carbocycles.